The van der Waals surface area contributed by atoms with E-state index in [1.165, 1.54) is 17.0 Å². The molecule has 1 aliphatic carbocycles. The van der Waals surface area contributed by atoms with Crippen LogP contribution in [0.1, 0.15) is 53.9 Å². The minimum atomic E-state index is -1.86. The number of alkyl halides is 1. The zero-order valence-electron chi connectivity index (χ0n) is 23.4. The lowest BCUT2D eigenvalue weighted by Crippen LogP contribution is -2.55. The monoisotopic (exact) mass is 594 g/mol. The van der Waals surface area contributed by atoms with Crippen molar-refractivity contribution >= 4 is 18.2 Å². The van der Waals surface area contributed by atoms with E-state index in [9.17, 15) is 27.6 Å². The van der Waals surface area contributed by atoms with Gasteiger partial charge in [0.2, 0.25) is 12.3 Å². The van der Waals surface area contributed by atoms with Crippen LogP contribution >= 0.6 is 0 Å². The van der Waals surface area contributed by atoms with Crippen LogP contribution in [0.25, 0.3) is 11.4 Å². The molecule has 3 aromatic rings. The second-order valence-electron chi connectivity index (χ2n) is 11.0. The number of hydrogen-bond donors (Lipinski definition) is 3. The number of piperidine rings is 1. The molecule has 0 unspecified atom stereocenters. The topological polar surface area (TPSA) is 116 Å². The molecule has 3 atom stereocenters. The summed E-state index contributed by atoms with van der Waals surface area (Å²) in [5.74, 6) is -2.82. The lowest BCUT2D eigenvalue weighted by molar-refractivity contribution is -0.136. The summed E-state index contributed by atoms with van der Waals surface area (Å²) in [5, 5.41) is 8.51. The van der Waals surface area contributed by atoms with Gasteiger partial charge in [0.05, 0.1) is 12.4 Å². The second-order valence-corrected chi connectivity index (χ2v) is 11.0. The van der Waals surface area contributed by atoms with Crippen LogP contribution in [0.2, 0.25) is 0 Å². The van der Waals surface area contributed by atoms with Crippen LogP contribution in [-0.4, -0.2) is 70.6 Å². The van der Waals surface area contributed by atoms with Crippen molar-refractivity contribution in [3.05, 3.63) is 83.7 Å². The molecule has 1 aromatic heterocycles. The van der Waals surface area contributed by atoms with Crippen molar-refractivity contribution in [2.75, 3.05) is 19.6 Å². The number of halogens is 3. The normalized spacial score (nSPS) is 19.7. The fourth-order valence-electron chi connectivity index (χ4n) is 5.38. The minimum absolute atomic E-state index is 0.0426. The third-order valence-electron chi connectivity index (χ3n) is 7.98. The van der Waals surface area contributed by atoms with E-state index in [-0.39, 0.29) is 43.7 Å². The van der Waals surface area contributed by atoms with E-state index < -0.39 is 23.6 Å². The summed E-state index contributed by atoms with van der Waals surface area (Å²) in [6, 6.07) is 12.4. The number of benzene rings is 2. The first-order valence-corrected chi connectivity index (χ1v) is 14.3. The highest BCUT2D eigenvalue weighted by molar-refractivity contribution is 5.97. The Bertz CT molecular complexity index is 1410. The molecular weight excluding hydrogens is 561 g/mol. The van der Waals surface area contributed by atoms with Gasteiger partial charge in [-0.05, 0) is 55.6 Å². The molecule has 0 spiro atoms. The summed E-state index contributed by atoms with van der Waals surface area (Å²) < 4.78 is 41.1. The molecule has 0 radical (unpaired) electrons. The lowest BCUT2D eigenvalue weighted by atomic mass is 10.0. The van der Waals surface area contributed by atoms with Crippen molar-refractivity contribution in [1.82, 2.24) is 30.8 Å². The standard InChI is InChI=1S/C31H33F3N6O3/c32-23-9-7-20(8-10-23)25-16-27(25)35-13-1-2-26(30(43)40-14-11-31(34,12-15-40)38-19-41)39-29(42)22-5-3-21(4-6-22)28-36-17-24(33)18-37-28/h3-10,17-19,25-27,35H,1-2,11-16H2,(H,38,41)(H,39,42)/t25-,26-,27+/m0/s1. The van der Waals surface area contributed by atoms with Gasteiger partial charge in [0.1, 0.15) is 11.9 Å². The summed E-state index contributed by atoms with van der Waals surface area (Å²) in [6.07, 6.45) is 4.25. The molecule has 1 aliphatic heterocycles. The van der Waals surface area contributed by atoms with Crippen LogP contribution in [0.4, 0.5) is 13.2 Å². The SMILES string of the molecule is O=CNC1(F)CCN(C(=O)[C@H](CCCN[C@@H]2C[C@H]2c2ccc(F)cc2)NC(=O)c2ccc(-c3ncc(F)cn3)cc2)CC1. The van der Waals surface area contributed by atoms with E-state index in [4.69, 9.17) is 0 Å². The highest BCUT2D eigenvalue weighted by atomic mass is 19.1. The van der Waals surface area contributed by atoms with E-state index in [0.29, 0.717) is 48.7 Å². The Morgan fingerprint density at radius 2 is 1.67 bits per heavy atom. The number of carbonyl (C=O) groups excluding carboxylic acids is 3. The summed E-state index contributed by atoms with van der Waals surface area (Å²) in [6.45, 7) is 0.828. The van der Waals surface area contributed by atoms with Gasteiger partial charge in [-0.25, -0.2) is 23.1 Å². The van der Waals surface area contributed by atoms with Crippen LogP contribution < -0.4 is 16.0 Å². The van der Waals surface area contributed by atoms with Crippen molar-refractivity contribution in [3.8, 4) is 11.4 Å². The van der Waals surface area contributed by atoms with Gasteiger partial charge in [0, 0.05) is 49.0 Å². The molecule has 9 nitrogen and oxygen atoms in total. The molecule has 2 heterocycles. The molecule has 0 bridgehead atoms. The first-order chi connectivity index (χ1) is 20.7. The molecule has 2 aromatic carbocycles. The zero-order valence-corrected chi connectivity index (χ0v) is 23.4. The smallest absolute Gasteiger partial charge is 0.251 e. The van der Waals surface area contributed by atoms with Gasteiger partial charge >= 0.3 is 0 Å². The average Bonchev–Trinajstić information content (AvgIpc) is 3.79. The van der Waals surface area contributed by atoms with Gasteiger partial charge in [-0.1, -0.05) is 24.3 Å². The maximum atomic E-state index is 14.7. The quantitative estimate of drug-likeness (QED) is 0.168. The van der Waals surface area contributed by atoms with Gasteiger partial charge in [-0.3, -0.25) is 14.4 Å². The summed E-state index contributed by atoms with van der Waals surface area (Å²) in [7, 11) is 0. The van der Waals surface area contributed by atoms with Crippen molar-refractivity contribution in [2.24, 2.45) is 0 Å². The second kappa shape index (κ2) is 13.3. The molecule has 2 aliphatic rings. The van der Waals surface area contributed by atoms with Crippen LogP contribution in [0.15, 0.2) is 60.9 Å². The largest absolute Gasteiger partial charge is 0.341 e. The van der Waals surface area contributed by atoms with Crippen molar-refractivity contribution < 1.29 is 27.6 Å². The number of amides is 3. The van der Waals surface area contributed by atoms with E-state index in [2.05, 4.69) is 25.9 Å². The average molecular weight is 595 g/mol. The summed E-state index contributed by atoms with van der Waals surface area (Å²) >= 11 is 0. The number of rotatable bonds is 12. The number of aromatic nitrogens is 2. The first-order valence-electron chi connectivity index (χ1n) is 14.3. The van der Waals surface area contributed by atoms with Crippen molar-refractivity contribution in [3.63, 3.8) is 0 Å². The van der Waals surface area contributed by atoms with Crippen LogP contribution in [0.5, 0.6) is 0 Å². The van der Waals surface area contributed by atoms with Gasteiger partial charge in [-0.15, -0.1) is 0 Å². The third-order valence-corrected chi connectivity index (χ3v) is 7.98. The van der Waals surface area contributed by atoms with Gasteiger partial charge in [-0.2, -0.15) is 0 Å². The zero-order chi connectivity index (χ0) is 30.4. The molecule has 43 heavy (non-hydrogen) atoms. The van der Waals surface area contributed by atoms with E-state index in [1.807, 2.05) is 0 Å². The third kappa shape index (κ3) is 7.75. The van der Waals surface area contributed by atoms with Crippen molar-refractivity contribution in [2.45, 2.75) is 55.9 Å². The maximum Gasteiger partial charge on any atom is 0.251 e. The van der Waals surface area contributed by atoms with Gasteiger partial charge < -0.3 is 20.9 Å². The molecule has 226 valence electrons. The highest BCUT2D eigenvalue weighted by Crippen LogP contribution is 2.40. The van der Waals surface area contributed by atoms with Crippen LogP contribution in [-0.2, 0) is 9.59 Å². The Balaban J connectivity index is 1.19. The highest BCUT2D eigenvalue weighted by Gasteiger charge is 2.39. The Hall–Kier alpha value is -4.32. The molecular formula is C31H33F3N6O3. The van der Waals surface area contributed by atoms with Crippen molar-refractivity contribution in [1.29, 1.82) is 0 Å². The Morgan fingerprint density at radius 1 is 1.00 bits per heavy atom. The van der Waals surface area contributed by atoms with Crippen LogP contribution in [0, 0.1) is 11.6 Å². The fraction of sp³-hybridized carbons (Fsp3) is 0.387. The Morgan fingerprint density at radius 3 is 2.33 bits per heavy atom. The molecule has 2 fully saturated rings. The summed E-state index contributed by atoms with van der Waals surface area (Å²) in [4.78, 5) is 46.9. The van der Waals surface area contributed by atoms with Gasteiger partial charge in [0.15, 0.2) is 17.4 Å². The molecule has 1 saturated carbocycles. The van der Waals surface area contributed by atoms with E-state index >= 15 is 0 Å². The minimum Gasteiger partial charge on any atom is -0.341 e. The molecule has 3 amide bonds. The molecule has 3 N–H and O–H groups in total. The predicted octanol–water partition coefficient (Wildman–Crippen LogP) is 3.48. The summed E-state index contributed by atoms with van der Waals surface area (Å²) in [5.41, 5.74) is 1.99. The Kier molecular flexibility index (Phi) is 9.34. The molecule has 5 rings (SSSR count). The molecule has 12 heteroatoms. The fourth-order valence-corrected chi connectivity index (χ4v) is 5.38. The Labute approximate surface area is 247 Å². The number of carbonyl (C=O) groups is 3. The first kappa shape index (κ1) is 30.1. The van der Waals surface area contributed by atoms with E-state index in [1.54, 1.807) is 36.4 Å². The van der Waals surface area contributed by atoms with Crippen LogP contribution in [0.3, 0.4) is 0 Å². The predicted molar refractivity (Wildman–Crippen MR) is 152 cm³/mol. The number of nitrogens with one attached hydrogen (secondary N) is 3. The molecule has 1 saturated heterocycles. The van der Waals surface area contributed by atoms with E-state index in [0.717, 1.165) is 24.4 Å². The van der Waals surface area contributed by atoms with Gasteiger partial charge in [0.25, 0.3) is 5.91 Å². The number of hydrogen-bond acceptors (Lipinski definition) is 6. The number of likely N-dealkylation sites (tertiary alicyclic amines) is 1. The number of nitrogens with zero attached hydrogens (tertiary/aromatic N) is 3. The lowest BCUT2D eigenvalue weighted by Gasteiger charge is -2.37. The maximum absolute atomic E-state index is 14.7.